The molecule has 0 aliphatic carbocycles. The monoisotopic (exact) mass is 380 g/mol. The predicted molar refractivity (Wildman–Crippen MR) is 101 cm³/mol. The highest BCUT2D eigenvalue weighted by molar-refractivity contribution is 7.92. The first-order valence-corrected chi connectivity index (χ1v) is 10.9. The number of methoxy groups -OCH3 is 1. The second-order valence-corrected chi connectivity index (χ2v) is 10.0. The molecule has 2 fully saturated rings. The maximum atomic E-state index is 12.6. The lowest BCUT2D eigenvalue weighted by molar-refractivity contribution is -0.127. The van der Waals surface area contributed by atoms with Gasteiger partial charge < -0.3 is 10.1 Å². The van der Waals surface area contributed by atoms with E-state index < -0.39 is 15.1 Å². The molecule has 0 saturated carbocycles. The lowest BCUT2D eigenvalue weighted by atomic mass is 9.87. The van der Waals surface area contributed by atoms with E-state index in [1.165, 1.54) is 0 Å². The lowest BCUT2D eigenvalue weighted by Crippen LogP contribution is -2.48. The Morgan fingerprint density at radius 1 is 1.35 bits per heavy atom. The van der Waals surface area contributed by atoms with Gasteiger partial charge in [-0.05, 0) is 38.0 Å². The summed E-state index contributed by atoms with van der Waals surface area (Å²) >= 11 is 0. The summed E-state index contributed by atoms with van der Waals surface area (Å²) in [5.41, 5.74) is 1.09. The van der Waals surface area contributed by atoms with Crippen molar-refractivity contribution < 1.29 is 17.9 Å². The van der Waals surface area contributed by atoms with Crippen LogP contribution in [0.5, 0.6) is 5.75 Å². The fraction of sp³-hybridized carbons (Fsp3) is 0.632. The second-order valence-electron chi connectivity index (χ2n) is 7.67. The standard InChI is InChI=1S/C19H28N2O4S/c1-13(2)20-19(22)16-7-8-26(23,24)18-12-21(11-17(16)18)10-14-5-4-6-15(9-14)25-3/h4-6,9,13,16-18H,7-8,10-12H2,1-3H3,(H,20,22)/t16-,17+,18+/m1/s1. The number of hydrogen-bond donors (Lipinski definition) is 1. The Hall–Kier alpha value is -1.60. The summed E-state index contributed by atoms with van der Waals surface area (Å²) in [7, 11) is -1.51. The van der Waals surface area contributed by atoms with Crippen LogP contribution in [0, 0.1) is 11.8 Å². The van der Waals surface area contributed by atoms with E-state index >= 15 is 0 Å². The van der Waals surface area contributed by atoms with Crippen LogP contribution in [0.25, 0.3) is 0 Å². The van der Waals surface area contributed by atoms with Crippen molar-refractivity contribution in [2.24, 2.45) is 11.8 Å². The van der Waals surface area contributed by atoms with Gasteiger partial charge in [-0.25, -0.2) is 8.42 Å². The smallest absolute Gasteiger partial charge is 0.223 e. The number of sulfone groups is 1. The number of benzene rings is 1. The number of amides is 1. The van der Waals surface area contributed by atoms with Gasteiger partial charge in [0, 0.05) is 37.5 Å². The number of nitrogens with one attached hydrogen (secondary N) is 1. The molecule has 0 radical (unpaired) electrons. The Morgan fingerprint density at radius 3 is 2.81 bits per heavy atom. The largest absolute Gasteiger partial charge is 0.497 e. The second kappa shape index (κ2) is 7.56. The molecular weight excluding hydrogens is 352 g/mol. The third kappa shape index (κ3) is 4.04. The zero-order valence-corrected chi connectivity index (χ0v) is 16.5. The number of ether oxygens (including phenoxy) is 1. The summed E-state index contributed by atoms with van der Waals surface area (Å²) in [6.45, 7) is 5.66. The number of rotatable bonds is 5. The molecule has 2 aliphatic heterocycles. The molecule has 0 unspecified atom stereocenters. The van der Waals surface area contributed by atoms with Gasteiger partial charge in [0.1, 0.15) is 5.75 Å². The van der Waals surface area contributed by atoms with Crippen LogP contribution in [-0.4, -0.2) is 56.5 Å². The molecule has 1 aromatic rings. The van der Waals surface area contributed by atoms with E-state index in [9.17, 15) is 13.2 Å². The van der Waals surface area contributed by atoms with Gasteiger partial charge in [0.05, 0.1) is 18.1 Å². The zero-order valence-electron chi connectivity index (χ0n) is 15.6. The van der Waals surface area contributed by atoms with E-state index in [1.807, 2.05) is 38.1 Å². The van der Waals surface area contributed by atoms with Crippen LogP contribution in [0.3, 0.4) is 0 Å². The Bertz CT molecular complexity index is 763. The van der Waals surface area contributed by atoms with Crippen LogP contribution in [0.4, 0.5) is 0 Å². The molecule has 144 valence electrons. The van der Waals surface area contributed by atoms with Gasteiger partial charge in [-0.2, -0.15) is 0 Å². The zero-order chi connectivity index (χ0) is 18.9. The quantitative estimate of drug-likeness (QED) is 0.837. The highest BCUT2D eigenvalue weighted by atomic mass is 32.2. The summed E-state index contributed by atoms with van der Waals surface area (Å²) < 4.78 is 30.4. The highest BCUT2D eigenvalue weighted by Gasteiger charge is 2.50. The normalized spacial score (nSPS) is 27.9. The summed E-state index contributed by atoms with van der Waals surface area (Å²) in [6, 6.07) is 7.88. The summed E-state index contributed by atoms with van der Waals surface area (Å²) in [6.07, 6.45) is 0.426. The number of hydrogen-bond acceptors (Lipinski definition) is 5. The van der Waals surface area contributed by atoms with Gasteiger partial charge in [-0.3, -0.25) is 9.69 Å². The Morgan fingerprint density at radius 2 is 2.12 bits per heavy atom. The Labute approximate surface area is 155 Å². The van der Waals surface area contributed by atoms with E-state index in [4.69, 9.17) is 4.74 Å². The third-order valence-electron chi connectivity index (χ3n) is 5.38. The van der Waals surface area contributed by atoms with Crippen molar-refractivity contribution in [3.8, 4) is 5.75 Å². The van der Waals surface area contributed by atoms with Crippen molar-refractivity contribution in [2.45, 2.75) is 38.1 Å². The third-order valence-corrected chi connectivity index (χ3v) is 7.61. The first-order chi connectivity index (χ1) is 12.3. The maximum Gasteiger partial charge on any atom is 0.223 e. The van der Waals surface area contributed by atoms with Crippen molar-refractivity contribution in [3.05, 3.63) is 29.8 Å². The van der Waals surface area contributed by atoms with Crippen molar-refractivity contribution in [3.63, 3.8) is 0 Å². The molecule has 3 rings (SSSR count). The first kappa shape index (κ1) is 19.2. The van der Waals surface area contributed by atoms with Crippen molar-refractivity contribution >= 4 is 15.7 Å². The SMILES string of the molecule is COc1cccc(CN2C[C@H]3[C@H](C(=O)NC(C)C)CCS(=O)(=O)[C@H]3C2)c1. The first-order valence-electron chi connectivity index (χ1n) is 9.17. The average molecular weight is 381 g/mol. The van der Waals surface area contributed by atoms with Crippen LogP contribution in [0.1, 0.15) is 25.8 Å². The van der Waals surface area contributed by atoms with E-state index in [2.05, 4.69) is 10.2 Å². The minimum Gasteiger partial charge on any atom is -0.497 e. The molecule has 1 N–H and O–H groups in total. The van der Waals surface area contributed by atoms with Gasteiger partial charge in [-0.15, -0.1) is 0 Å². The lowest BCUT2D eigenvalue weighted by Gasteiger charge is -2.32. The van der Waals surface area contributed by atoms with Crippen LogP contribution in [-0.2, 0) is 21.2 Å². The topological polar surface area (TPSA) is 75.7 Å². The van der Waals surface area contributed by atoms with Crippen molar-refractivity contribution in [1.82, 2.24) is 10.2 Å². The van der Waals surface area contributed by atoms with Crippen LogP contribution in [0.15, 0.2) is 24.3 Å². The van der Waals surface area contributed by atoms with Crippen LogP contribution < -0.4 is 10.1 Å². The number of likely N-dealkylation sites (tertiary alicyclic amines) is 1. The molecule has 26 heavy (non-hydrogen) atoms. The average Bonchev–Trinajstić information content (AvgIpc) is 2.99. The molecule has 0 spiro atoms. The van der Waals surface area contributed by atoms with Crippen LogP contribution >= 0.6 is 0 Å². The molecule has 0 aromatic heterocycles. The summed E-state index contributed by atoms with van der Waals surface area (Å²) in [5.74, 6) is 0.547. The Balaban J connectivity index is 1.76. The van der Waals surface area contributed by atoms with E-state index in [1.54, 1.807) is 7.11 Å². The predicted octanol–water partition coefficient (Wildman–Crippen LogP) is 1.45. The molecule has 3 atom stereocenters. The van der Waals surface area contributed by atoms with Gasteiger partial charge in [0.25, 0.3) is 0 Å². The van der Waals surface area contributed by atoms with Crippen molar-refractivity contribution in [1.29, 1.82) is 0 Å². The maximum absolute atomic E-state index is 12.6. The minimum absolute atomic E-state index is 0.00636. The molecule has 0 bridgehead atoms. The van der Waals surface area contributed by atoms with E-state index in [0.717, 1.165) is 11.3 Å². The molecular formula is C19H28N2O4S. The number of carbonyl (C=O) groups is 1. The fourth-order valence-corrected chi connectivity index (χ4v) is 6.31. The van der Waals surface area contributed by atoms with E-state index in [0.29, 0.717) is 26.1 Å². The van der Waals surface area contributed by atoms with Gasteiger partial charge in [0.2, 0.25) is 5.91 Å². The number of fused-ring (bicyclic) bond motifs is 1. The van der Waals surface area contributed by atoms with Crippen LogP contribution in [0.2, 0.25) is 0 Å². The van der Waals surface area contributed by atoms with Crippen molar-refractivity contribution in [2.75, 3.05) is 26.0 Å². The summed E-state index contributed by atoms with van der Waals surface area (Å²) in [5, 5.41) is 2.52. The molecule has 2 saturated heterocycles. The van der Waals surface area contributed by atoms with Gasteiger partial charge >= 0.3 is 0 Å². The molecule has 7 heteroatoms. The molecule has 2 aliphatic rings. The fourth-order valence-electron chi connectivity index (χ4n) is 4.18. The molecule has 6 nitrogen and oxygen atoms in total. The van der Waals surface area contributed by atoms with Gasteiger partial charge in [0.15, 0.2) is 9.84 Å². The summed E-state index contributed by atoms with van der Waals surface area (Å²) in [4.78, 5) is 14.7. The minimum atomic E-state index is -3.14. The number of carbonyl (C=O) groups excluding carboxylic acids is 1. The molecule has 1 aromatic carbocycles. The molecule has 1 amide bonds. The van der Waals surface area contributed by atoms with Gasteiger partial charge in [-0.1, -0.05) is 12.1 Å². The number of nitrogens with zero attached hydrogens (tertiary/aromatic N) is 1. The highest BCUT2D eigenvalue weighted by Crippen LogP contribution is 2.37. The Kier molecular flexibility index (Phi) is 5.58. The van der Waals surface area contributed by atoms with E-state index in [-0.39, 0.29) is 29.5 Å². The molecule has 2 heterocycles.